The Kier molecular flexibility index (Phi) is 2.86. The van der Waals surface area contributed by atoms with Crippen LogP contribution in [0.1, 0.15) is 25.0 Å². The fourth-order valence-electron chi connectivity index (χ4n) is 3.69. The molecule has 1 aliphatic carbocycles. The minimum Gasteiger partial charge on any atom is -0.295 e. The molecule has 5 rings (SSSR count). The van der Waals surface area contributed by atoms with Crippen molar-refractivity contribution in [2.24, 2.45) is 13.0 Å². The van der Waals surface area contributed by atoms with E-state index >= 15 is 0 Å². The number of benzene rings is 1. The number of hydrogen-bond acceptors (Lipinski definition) is 5. The molecule has 1 saturated carbocycles. The molecule has 2 unspecified atom stereocenters. The van der Waals surface area contributed by atoms with Gasteiger partial charge in [0, 0.05) is 13.0 Å². The third-order valence-corrected chi connectivity index (χ3v) is 5.23. The summed E-state index contributed by atoms with van der Waals surface area (Å²) in [6.45, 7) is 2.15. The molecule has 26 heavy (non-hydrogen) atoms. The molecule has 0 radical (unpaired) electrons. The van der Waals surface area contributed by atoms with E-state index in [1.807, 2.05) is 28.8 Å². The van der Waals surface area contributed by atoms with Crippen LogP contribution >= 0.6 is 0 Å². The fourth-order valence-corrected chi connectivity index (χ4v) is 3.69. The van der Waals surface area contributed by atoms with Crippen LogP contribution in [0.15, 0.2) is 35.4 Å². The maximum absolute atomic E-state index is 12.8. The monoisotopic (exact) mass is 345 g/mol. The molecule has 3 heterocycles. The van der Waals surface area contributed by atoms with Crippen LogP contribution in [0.3, 0.4) is 0 Å². The van der Waals surface area contributed by atoms with Gasteiger partial charge in [-0.1, -0.05) is 24.3 Å². The lowest BCUT2D eigenvalue weighted by molar-refractivity contribution is 0.804. The van der Waals surface area contributed by atoms with E-state index < -0.39 is 0 Å². The maximum atomic E-state index is 12.8. The maximum Gasteiger partial charge on any atom is 0.261 e. The lowest BCUT2D eigenvalue weighted by Gasteiger charge is -2.08. The van der Waals surface area contributed by atoms with Crippen molar-refractivity contribution >= 4 is 16.6 Å². The van der Waals surface area contributed by atoms with E-state index in [-0.39, 0.29) is 11.5 Å². The molecule has 0 aliphatic heterocycles. The van der Waals surface area contributed by atoms with Crippen LogP contribution < -0.4 is 5.56 Å². The van der Waals surface area contributed by atoms with E-state index in [1.54, 1.807) is 24.0 Å². The second-order valence-electron chi connectivity index (χ2n) is 6.82. The molecule has 128 valence electrons. The third kappa shape index (κ3) is 1.82. The lowest BCUT2D eigenvalue weighted by atomic mass is 10.1. The summed E-state index contributed by atoms with van der Waals surface area (Å²) in [5, 5.41) is 18.3. The molecule has 2 atom stereocenters. The number of hydrogen-bond donors (Lipinski definition) is 0. The van der Waals surface area contributed by atoms with Gasteiger partial charge < -0.3 is 0 Å². The fraction of sp³-hybridized carbons (Fsp3) is 0.278. The first kappa shape index (κ1) is 14.8. The molecule has 3 aromatic heterocycles. The van der Waals surface area contributed by atoms with E-state index in [1.165, 1.54) is 4.68 Å². The van der Waals surface area contributed by atoms with Crippen molar-refractivity contribution in [3.63, 3.8) is 0 Å². The van der Waals surface area contributed by atoms with Gasteiger partial charge in [-0.2, -0.15) is 5.26 Å². The normalized spacial score (nSPS) is 19.1. The van der Waals surface area contributed by atoms with Crippen LogP contribution in [0.25, 0.3) is 27.9 Å². The van der Waals surface area contributed by atoms with Crippen LogP contribution in [0.4, 0.5) is 0 Å². The highest BCUT2D eigenvalue weighted by Crippen LogP contribution is 2.49. The SMILES string of the molecule is CC1CC1c1nnn(C#N)c1-c1ncn2c3ccccc3c(=O)n(C)c12. The van der Waals surface area contributed by atoms with Crippen molar-refractivity contribution in [1.29, 1.82) is 5.26 Å². The third-order valence-electron chi connectivity index (χ3n) is 5.23. The molecular weight excluding hydrogens is 330 g/mol. The number of aryl methyl sites for hydroxylation is 1. The van der Waals surface area contributed by atoms with Gasteiger partial charge in [0.15, 0.2) is 0 Å². The quantitative estimate of drug-likeness (QED) is 0.553. The Hall–Kier alpha value is -3.47. The minimum atomic E-state index is -0.104. The van der Waals surface area contributed by atoms with Gasteiger partial charge in [0.25, 0.3) is 5.56 Å². The van der Waals surface area contributed by atoms with Crippen LogP contribution in [-0.4, -0.2) is 28.9 Å². The van der Waals surface area contributed by atoms with Gasteiger partial charge >= 0.3 is 0 Å². The molecule has 4 aromatic rings. The zero-order valence-electron chi connectivity index (χ0n) is 14.3. The van der Waals surface area contributed by atoms with E-state index in [9.17, 15) is 10.1 Å². The average molecular weight is 345 g/mol. The number of para-hydroxylation sites is 1. The molecule has 0 N–H and O–H groups in total. The van der Waals surface area contributed by atoms with Gasteiger partial charge in [-0.3, -0.25) is 13.8 Å². The highest BCUT2D eigenvalue weighted by atomic mass is 16.1. The predicted molar refractivity (Wildman–Crippen MR) is 94.5 cm³/mol. The first-order chi connectivity index (χ1) is 12.6. The van der Waals surface area contributed by atoms with Crippen molar-refractivity contribution in [2.75, 3.05) is 0 Å². The van der Waals surface area contributed by atoms with Crippen molar-refractivity contribution in [2.45, 2.75) is 19.3 Å². The smallest absolute Gasteiger partial charge is 0.261 e. The number of rotatable bonds is 2. The van der Waals surface area contributed by atoms with Crippen LogP contribution in [0.2, 0.25) is 0 Å². The molecule has 1 aromatic carbocycles. The van der Waals surface area contributed by atoms with Crippen LogP contribution in [0, 0.1) is 17.4 Å². The molecule has 1 fully saturated rings. The summed E-state index contributed by atoms with van der Waals surface area (Å²) in [4.78, 5) is 17.4. The van der Waals surface area contributed by atoms with Gasteiger partial charge in [-0.25, -0.2) is 4.98 Å². The number of fused-ring (bicyclic) bond motifs is 3. The van der Waals surface area contributed by atoms with Crippen LogP contribution in [-0.2, 0) is 7.05 Å². The number of nitrogens with zero attached hydrogens (tertiary/aromatic N) is 7. The predicted octanol–water partition coefficient (Wildman–Crippen LogP) is 1.90. The van der Waals surface area contributed by atoms with Crippen molar-refractivity contribution in [3.8, 4) is 17.6 Å². The zero-order valence-corrected chi connectivity index (χ0v) is 14.3. The standard InChI is InChI=1S/C18H15N7O/c1-10-7-12(10)14-16(25(8-19)22-21-14)15-17-23(2)18(26)11-5-3-4-6-13(11)24(17)9-20-15/h3-6,9-10,12H,7H2,1-2H3. The second-order valence-corrected chi connectivity index (χ2v) is 6.82. The average Bonchev–Trinajstić information content (AvgIpc) is 3.08. The summed E-state index contributed by atoms with van der Waals surface area (Å²) >= 11 is 0. The topological polar surface area (TPSA) is 93.8 Å². The van der Waals surface area contributed by atoms with E-state index in [0.717, 1.165) is 17.6 Å². The largest absolute Gasteiger partial charge is 0.295 e. The van der Waals surface area contributed by atoms with Crippen molar-refractivity contribution in [3.05, 3.63) is 46.6 Å². The molecule has 0 amide bonds. The van der Waals surface area contributed by atoms with Gasteiger partial charge in [0.2, 0.25) is 6.19 Å². The second kappa shape index (κ2) is 5.02. The molecule has 1 aliphatic rings. The molecule has 0 spiro atoms. The molecule has 8 heteroatoms. The van der Waals surface area contributed by atoms with Crippen LogP contribution in [0.5, 0.6) is 0 Å². The molecular formula is C18H15N7O. The Labute approximate surface area is 147 Å². The number of aromatic nitrogens is 6. The first-order valence-electron chi connectivity index (χ1n) is 8.42. The van der Waals surface area contributed by atoms with Crippen molar-refractivity contribution < 1.29 is 0 Å². The number of imidazole rings is 1. The molecule has 8 nitrogen and oxygen atoms in total. The number of nitriles is 1. The van der Waals surface area contributed by atoms with Crippen molar-refractivity contribution in [1.82, 2.24) is 28.9 Å². The summed E-state index contributed by atoms with van der Waals surface area (Å²) < 4.78 is 4.64. The molecule has 0 saturated heterocycles. The Bertz CT molecular complexity index is 1290. The summed E-state index contributed by atoms with van der Waals surface area (Å²) in [6.07, 6.45) is 4.74. The summed E-state index contributed by atoms with van der Waals surface area (Å²) in [5.74, 6) is 0.789. The Morgan fingerprint density at radius 3 is 2.81 bits per heavy atom. The lowest BCUT2D eigenvalue weighted by Crippen LogP contribution is -2.19. The molecule has 0 bridgehead atoms. The van der Waals surface area contributed by atoms with Gasteiger partial charge in [-0.15, -0.1) is 9.78 Å². The first-order valence-corrected chi connectivity index (χ1v) is 8.42. The zero-order chi connectivity index (χ0) is 18.0. The summed E-state index contributed by atoms with van der Waals surface area (Å²) in [7, 11) is 1.72. The van der Waals surface area contributed by atoms with E-state index in [0.29, 0.717) is 28.3 Å². The van der Waals surface area contributed by atoms with E-state index in [2.05, 4.69) is 22.2 Å². The Morgan fingerprint density at radius 2 is 2.08 bits per heavy atom. The minimum absolute atomic E-state index is 0.104. The highest BCUT2D eigenvalue weighted by molar-refractivity contribution is 5.85. The van der Waals surface area contributed by atoms with E-state index in [4.69, 9.17) is 0 Å². The Balaban J connectivity index is 1.90. The van der Waals surface area contributed by atoms with Gasteiger partial charge in [0.05, 0.1) is 16.6 Å². The summed E-state index contributed by atoms with van der Waals surface area (Å²) in [6, 6.07) is 7.42. The van der Waals surface area contributed by atoms with Gasteiger partial charge in [-0.05, 0) is 24.5 Å². The Morgan fingerprint density at radius 1 is 1.31 bits per heavy atom. The van der Waals surface area contributed by atoms with Gasteiger partial charge in [0.1, 0.15) is 23.4 Å². The highest BCUT2D eigenvalue weighted by Gasteiger charge is 2.40. The summed E-state index contributed by atoms with van der Waals surface area (Å²) in [5.41, 5.74) is 3.21.